The summed E-state index contributed by atoms with van der Waals surface area (Å²) in [6, 6.07) is 11.5. The number of methoxy groups -OCH3 is 2. The van der Waals surface area contributed by atoms with E-state index in [2.05, 4.69) is 5.32 Å². The summed E-state index contributed by atoms with van der Waals surface area (Å²) in [4.78, 5) is 26.7. The van der Waals surface area contributed by atoms with Crippen LogP contribution in [0.1, 0.15) is 23.1 Å². The number of anilines is 1. The van der Waals surface area contributed by atoms with Crippen molar-refractivity contribution in [1.29, 1.82) is 0 Å². The van der Waals surface area contributed by atoms with Gasteiger partial charge in [0.05, 0.1) is 20.1 Å². The summed E-state index contributed by atoms with van der Waals surface area (Å²) >= 11 is 0. The molecule has 0 aliphatic carbocycles. The minimum Gasteiger partial charge on any atom is -0.493 e. The highest BCUT2D eigenvalue weighted by Gasteiger charge is 2.35. The Balaban J connectivity index is 1.62. The molecule has 1 atom stereocenters. The summed E-state index contributed by atoms with van der Waals surface area (Å²) in [5.74, 6) is 0.771. The second kappa shape index (κ2) is 8.33. The van der Waals surface area contributed by atoms with Gasteiger partial charge in [-0.3, -0.25) is 9.59 Å². The number of ether oxygens (including phenoxy) is 2. The summed E-state index contributed by atoms with van der Waals surface area (Å²) in [5.41, 5.74) is 4.07. The van der Waals surface area contributed by atoms with E-state index < -0.39 is 0 Å². The average molecular weight is 382 g/mol. The van der Waals surface area contributed by atoms with Crippen LogP contribution in [0, 0.1) is 19.8 Å². The molecule has 1 unspecified atom stereocenters. The molecule has 1 heterocycles. The third kappa shape index (κ3) is 4.11. The Hall–Kier alpha value is -3.02. The van der Waals surface area contributed by atoms with Crippen molar-refractivity contribution in [3.8, 4) is 11.5 Å². The topological polar surface area (TPSA) is 67.9 Å². The van der Waals surface area contributed by atoms with Gasteiger partial charge in [-0.25, -0.2) is 0 Å². The number of benzene rings is 2. The van der Waals surface area contributed by atoms with Crippen molar-refractivity contribution < 1.29 is 19.1 Å². The molecule has 2 aromatic carbocycles. The fourth-order valence-corrected chi connectivity index (χ4v) is 3.35. The lowest BCUT2D eigenvalue weighted by Crippen LogP contribution is -2.32. The Morgan fingerprint density at radius 1 is 1.07 bits per heavy atom. The minimum absolute atomic E-state index is 0.0190. The number of nitrogens with one attached hydrogen (secondary N) is 1. The normalized spacial score (nSPS) is 16.2. The van der Waals surface area contributed by atoms with Gasteiger partial charge in [0.25, 0.3) is 0 Å². The van der Waals surface area contributed by atoms with Crippen LogP contribution < -0.4 is 19.7 Å². The molecule has 148 valence electrons. The molecule has 1 saturated heterocycles. The van der Waals surface area contributed by atoms with E-state index in [1.807, 2.05) is 44.2 Å². The van der Waals surface area contributed by atoms with Crippen molar-refractivity contribution in [2.75, 3.05) is 25.7 Å². The Morgan fingerprint density at radius 2 is 1.82 bits per heavy atom. The van der Waals surface area contributed by atoms with Crippen LogP contribution in [0.3, 0.4) is 0 Å². The quantitative estimate of drug-likeness (QED) is 0.834. The molecule has 3 rings (SSSR count). The van der Waals surface area contributed by atoms with Crippen LogP contribution in [0.15, 0.2) is 36.4 Å². The van der Waals surface area contributed by atoms with Gasteiger partial charge in [0, 0.05) is 25.2 Å². The zero-order valence-corrected chi connectivity index (χ0v) is 16.7. The van der Waals surface area contributed by atoms with Gasteiger partial charge < -0.3 is 19.7 Å². The van der Waals surface area contributed by atoms with Gasteiger partial charge in [-0.05, 0) is 54.8 Å². The van der Waals surface area contributed by atoms with E-state index in [0.29, 0.717) is 24.6 Å². The highest BCUT2D eigenvalue weighted by atomic mass is 16.5. The van der Waals surface area contributed by atoms with Crippen LogP contribution in [-0.2, 0) is 16.1 Å². The molecule has 2 aromatic rings. The number of rotatable bonds is 6. The molecule has 0 bridgehead atoms. The van der Waals surface area contributed by atoms with Crippen molar-refractivity contribution in [1.82, 2.24) is 5.32 Å². The number of hydrogen-bond donors (Lipinski definition) is 1. The van der Waals surface area contributed by atoms with E-state index in [-0.39, 0.29) is 24.2 Å². The van der Waals surface area contributed by atoms with Crippen molar-refractivity contribution in [3.63, 3.8) is 0 Å². The lowest BCUT2D eigenvalue weighted by atomic mass is 10.1. The minimum atomic E-state index is -0.353. The van der Waals surface area contributed by atoms with Gasteiger partial charge in [0.1, 0.15) is 0 Å². The summed E-state index contributed by atoms with van der Waals surface area (Å²) in [6.45, 7) is 4.83. The average Bonchev–Trinajstić information content (AvgIpc) is 3.09. The van der Waals surface area contributed by atoms with E-state index in [1.165, 1.54) is 5.56 Å². The van der Waals surface area contributed by atoms with Crippen molar-refractivity contribution in [2.45, 2.75) is 26.8 Å². The second-order valence-electron chi connectivity index (χ2n) is 7.08. The van der Waals surface area contributed by atoms with Crippen molar-refractivity contribution >= 4 is 17.5 Å². The van der Waals surface area contributed by atoms with E-state index in [0.717, 1.165) is 16.8 Å². The number of amides is 2. The Morgan fingerprint density at radius 3 is 2.50 bits per heavy atom. The number of hydrogen-bond acceptors (Lipinski definition) is 4. The molecule has 0 saturated carbocycles. The van der Waals surface area contributed by atoms with E-state index >= 15 is 0 Å². The standard InChI is InChI=1S/C22H26N2O4/c1-14-5-7-18(9-15(14)2)24-13-17(11-21(24)25)22(26)23-12-16-6-8-19(27-3)20(10-16)28-4/h5-10,17H,11-13H2,1-4H3,(H,23,26). The zero-order valence-electron chi connectivity index (χ0n) is 16.7. The number of carbonyl (C=O) groups excluding carboxylic acids is 2. The van der Waals surface area contributed by atoms with E-state index in [4.69, 9.17) is 9.47 Å². The number of aryl methyl sites for hydroxylation is 2. The third-order valence-corrected chi connectivity index (χ3v) is 5.21. The van der Waals surface area contributed by atoms with Crippen LogP contribution in [0.5, 0.6) is 11.5 Å². The first-order valence-corrected chi connectivity index (χ1v) is 9.29. The first-order chi connectivity index (χ1) is 13.4. The predicted octanol–water partition coefficient (Wildman–Crippen LogP) is 2.99. The van der Waals surface area contributed by atoms with Crippen LogP contribution in [0.2, 0.25) is 0 Å². The van der Waals surface area contributed by atoms with Gasteiger partial charge in [0.15, 0.2) is 11.5 Å². The molecule has 6 heteroatoms. The molecule has 1 aliphatic heterocycles. The predicted molar refractivity (Wildman–Crippen MR) is 108 cm³/mol. The smallest absolute Gasteiger partial charge is 0.227 e. The fraction of sp³-hybridized carbons (Fsp3) is 0.364. The fourth-order valence-electron chi connectivity index (χ4n) is 3.35. The van der Waals surface area contributed by atoms with Gasteiger partial charge in [-0.1, -0.05) is 12.1 Å². The lowest BCUT2D eigenvalue weighted by molar-refractivity contribution is -0.126. The molecule has 0 radical (unpaired) electrons. The number of carbonyl (C=O) groups is 2. The first-order valence-electron chi connectivity index (χ1n) is 9.29. The molecule has 2 amide bonds. The summed E-state index contributed by atoms with van der Waals surface area (Å²) in [5, 5.41) is 2.93. The third-order valence-electron chi connectivity index (χ3n) is 5.21. The first kappa shape index (κ1) is 19.7. The summed E-state index contributed by atoms with van der Waals surface area (Å²) < 4.78 is 10.5. The molecule has 0 spiro atoms. The molecule has 0 aromatic heterocycles. The molecule has 1 aliphatic rings. The van der Waals surface area contributed by atoms with Crippen LogP contribution in [-0.4, -0.2) is 32.6 Å². The Bertz CT molecular complexity index is 894. The Labute approximate surface area is 165 Å². The highest BCUT2D eigenvalue weighted by Crippen LogP contribution is 2.28. The lowest BCUT2D eigenvalue weighted by Gasteiger charge is -2.18. The monoisotopic (exact) mass is 382 g/mol. The summed E-state index contributed by atoms with van der Waals surface area (Å²) in [7, 11) is 3.16. The highest BCUT2D eigenvalue weighted by molar-refractivity contribution is 6.00. The van der Waals surface area contributed by atoms with Crippen molar-refractivity contribution in [3.05, 3.63) is 53.1 Å². The maximum Gasteiger partial charge on any atom is 0.227 e. The Kier molecular flexibility index (Phi) is 5.87. The molecule has 28 heavy (non-hydrogen) atoms. The van der Waals surface area contributed by atoms with Gasteiger partial charge in [-0.2, -0.15) is 0 Å². The molecule has 1 N–H and O–H groups in total. The van der Waals surface area contributed by atoms with Crippen molar-refractivity contribution in [2.24, 2.45) is 5.92 Å². The van der Waals surface area contributed by atoms with Gasteiger partial charge >= 0.3 is 0 Å². The van der Waals surface area contributed by atoms with E-state index in [1.54, 1.807) is 25.2 Å². The number of nitrogens with zero attached hydrogens (tertiary/aromatic N) is 1. The van der Waals surface area contributed by atoms with Crippen LogP contribution in [0.25, 0.3) is 0 Å². The maximum atomic E-state index is 12.6. The molecular formula is C22H26N2O4. The van der Waals surface area contributed by atoms with Gasteiger partial charge in [0.2, 0.25) is 11.8 Å². The maximum absolute atomic E-state index is 12.6. The SMILES string of the molecule is COc1ccc(CNC(=O)C2CC(=O)N(c3ccc(C)c(C)c3)C2)cc1OC. The molecular weight excluding hydrogens is 356 g/mol. The molecule has 6 nitrogen and oxygen atoms in total. The summed E-state index contributed by atoms with van der Waals surface area (Å²) in [6.07, 6.45) is 0.227. The second-order valence-corrected chi connectivity index (χ2v) is 7.08. The van der Waals surface area contributed by atoms with Gasteiger partial charge in [-0.15, -0.1) is 0 Å². The molecule has 1 fully saturated rings. The van der Waals surface area contributed by atoms with Crippen LogP contribution >= 0.6 is 0 Å². The zero-order chi connectivity index (χ0) is 20.3. The largest absolute Gasteiger partial charge is 0.493 e. The van der Waals surface area contributed by atoms with E-state index in [9.17, 15) is 9.59 Å². The van der Waals surface area contributed by atoms with Crippen LogP contribution in [0.4, 0.5) is 5.69 Å².